The fraction of sp³-hybridized carbons (Fsp3) is 0.500. The highest BCUT2D eigenvalue weighted by Crippen LogP contribution is 2.23. The normalized spacial score (nSPS) is 11.8. The van der Waals surface area contributed by atoms with Gasteiger partial charge in [0.2, 0.25) is 10.0 Å². The van der Waals surface area contributed by atoms with E-state index in [-0.39, 0.29) is 16.7 Å². The number of anilines is 2. The van der Waals surface area contributed by atoms with Gasteiger partial charge in [-0.25, -0.2) is 13.6 Å². The molecule has 108 valence electrons. The molecule has 1 rings (SSSR count). The van der Waals surface area contributed by atoms with Gasteiger partial charge in [0.1, 0.15) is 4.90 Å². The van der Waals surface area contributed by atoms with Crippen LogP contribution in [0.4, 0.5) is 11.4 Å². The summed E-state index contributed by atoms with van der Waals surface area (Å²) in [7, 11) is -1.89. The third kappa shape index (κ3) is 4.70. The van der Waals surface area contributed by atoms with Crippen molar-refractivity contribution in [2.45, 2.75) is 24.8 Å². The van der Waals surface area contributed by atoms with Crippen LogP contribution in [0.2, 0.25) is 0 Å². The maximum atomic E-state index is 11.2. The molecule has 0 aliphatic rings. The fourth-order valence-electron chi connectivity index (χ4n) is 1.59. The van der Waals surface area contributed by atoms with Gasteiger partial charge in [-0.1, -0.05) is 0 Å². The highest BCUT2D eigenvalue weighted by Gasteiger charge is 2.13. The maximum absolute atomic E-state index is 11.2. The third-order valence-electron chi connectivity index (χ3n) is 2.62. The van der Waals surface area contributed by atoms with Gasteiger partial charge in [-0.05, 0) is 32.0 Å². The molecule has 0 unspecified atom stereocenters. The molecule has 0 aliphatic carbocycles. The lowest BCUT2D eigenvalue weighted by Gasteiger charge is -2.21. The van der Waals surface area contributed by atoms with Gasteiger partial charge < -0.3 is 15.4 Å². The first-order valence-corrected chi connectivity index (χ1v) is 7.51. The van der Waals surface area contributed by atoms with Crippen molar-refractivity contribution in [3.05, 3.63) is 18.2 Å². The van der Waals surface area contributed by atoms with Gasteiger partial charge in [-0.2, -0.15) is 0 Å². The Morgan fingerprint density at radius 2 is 2.00 bits per heavy atom. The number of nitrogens with zero attached hydrogens (tertiary/aromatic N) is 1. The Hall–Kier alpha value is -1.31. The van der Waals surface area contributed by atoms with Crippen molar-refractivity contribution >= 4 is 21.4 Å². The van der Waals surface area contributed by atoms with Crippen LogP contribution in [0.25, 0.3) is 0 Å². The number of hydrogen-bond donors (Lipinski definition) is 2. The summed E-state index contributed by atoms with van der Waals surface area (Å²) in [4.78, 5) is 1.88. The smallest absolute Gasteiger partial charge is 0.240 e. The van der Waals surface area contributed by atoms with Crippen LogP contribution in [0, 0.1) is 0 Å². The Balaban J connectivity index is 2.78. The van der Waals surface area contributed by atoms with Crippen LogP contribution in [0.3, 0.4) is 0 Å². The fourth-order valence-corrected chi connectivity index (χ4v) is 2.23. The number of sulfonamides is 1. The molecule has 0 heterocycles. The number of hydrogen-bond acceptors (Lipinski definition) is 5. The lowest BCUT2D eigenvalue weighted by atomic mass is 10.2. The first kappa shape index (κ1) is 15.7. The highest BCUT2D eigenvalue weighted by molar-refractivity contribution is 7.89. The van der Waals surface area contributed by atoms with Crippen LogP contribution in [-0.4, -0.2) is 34.7 Å². The Labute approximate surface area is 114 Å². The Morgan fingerprint density at radius 3 is 2.47 bits per heavy atom. The molecule has 0 spiro atoms. The second-order valence-corrected chi connectivity index (χ2v) is 6.14. The summed E-state index contributed by atoms with van der Waals surface area (Å²) in [5, 5.41) is 5.06. The zero-order valence-electron chi connectivity index (χ0n) is 11.5. The predicted molar refractivity (Wildman–Crippen MR) is 76.6 cm³/mol. The van der Waals surface area contributed by atoms with Crippen molar-refractivity contribution < 1.29 is 13.2 Å². The summed E-state index contributed by atoms with van der Waals surface area (Å²) >= 11 is 0. The highest BCUT2D eigenvalue weighted by atomic mass is 32.2. The molecular weight excluding hydrogens is 266 g/mol. The monoisotopic (exact) mass is 287 g/mol. The van der Waals surface area contributed by atoms with Gasteiger partial charge in [-0.3, -0.25) is 0 Å². The van der Waals surface area contributed by atoms with Crippen molar-refractivity contribution in [2.24, 2.45) is 5.14 Å². The van der Waals surface area contributed by atoms with E-state index in [2.05, 4.69) is 0 Å². The van der Waals surface area contributed by atoms with Crippen LogP contribution in [0.1, 0.15) is 13.8 Å². The number of benzene rings is 1. The van der Waals surface area contributed by atoms with Crippen LogP contribution in [0.15, 0.2) is 23.1 Å². The zero-order valence-corrected chi connectivity index (χ0v) is 12.3. The van der Waals surface area contributed by atoms with E-state index in [1.165, 1.54) is 6.07 Å². The van der Waals surface area contributed by atoms with E-state index >= 15 is 0 Å². The van der Waals surface area contributed by atoms with Gasteiger partial charge in [0.05, 0.1) is 18.4 Å². The lowest BCUT2D eigenvalue weighted by Crippen LogP contribution is -2.24. The average Bonchev–Trinajstić information content (AvgIpc) is 2.26. The zero-order chi connectivity index (χ0) is 14.6. The number of rotatable bonds is 6. The molecule has 0 fully saturated rings. The van der Waals surface area contributed by atoms with Gasteiger partial charge in [0.15, 0.2) is 0 Å². The second kappa shape index (κ2) is 6.23. The van der Waals surface area contributed by atoms with Crippen LogP contribution in [0.5, 0.6) is 0 Å². The van der Waals surface area contributed by atoms with E-state index in [4.69, 9.17) is 15.6 Å². The summed E-state index contributed by atoms with van der Waals surface area (Å²) in [6.45, 7) is 5.22. The predicted octanol–water partition coefficient (Wildman–Crippen LogP) is 0.777. The third-order valence-corrected chi connectivity index (χ3v) is 3.60. The lowest BCUT2D eigenvalue weighted by molar-refractivity contribution is 0.0846. The molecule has 7 heteroatoms. The molecule has 6 nitrogen and oxygen atoms in total. The molecule has 0 bridgehead atoms. The summed E-state index contributed by atoms with van der Waals surface area (Å²) in [5.41, 5.74) is 6.67. The first-order chi connectivity index (χ1) is 8.71. The van der Waals surface area contributed by atoms with Crippen LogP contribution < -0.4 is 15.8 Å². The molecule has 1 aromatic rings. The van der Waals surface area contributed by atoms with Crippen molar-refractivity contribution in [2.75, 3.05) is 30.8 Å². The molecule has 0 aliphatic heterocycles. The number of nitrogens with two attached hydrogens (primary N) is 2. The van der Waals surface area contributed by atoms with E-state index < -0.39 is 10.0 Å². The maximum Gasteiger partial charge on any atom is 0.240 e. The van der Waals surface area contributed by atoms with E-state index in [9.17, 15) is 8.42 Å². The van der Waals surface area contributed by atoms with Gasteiger partial charge in [-0.15, -0.1) is 0 Å². The minimum Gasteiger partial charge on any atom is -0.398 e. The Morgan fingerprint density at radius 1 is 1.37 bits per heavy atom. The van der Waals surface area contributed by atoms with E-state index in [1.54, 1.807) is 12.1 Å². The van der Waals surface area contributed by atoms with E-state index in [0.29, 0.717) is 13.2 Å². The molecule has 0 saturated carbocycles. The van der Waals surface area contributed by atoms with E-state index in [1.807, 2.05) is 25.8 Å². The van der Waals surface area contributed by atoms with Gasteiger partial charge in [0.25, 0.3) is 0 Å². The van der Waals surface area contributed by atoms with Crippen molar-refractivity contribution in [3.8, 4) is 0 Å². The number of nitrogen functional groups attached to an aromatic ring is 1. The summed E-state index contributed by atoms with van der Waals surface area (Å²) in [6.07, 6.45) is 0.184. The molecule has 0 saturated heterocycles. The van der Waals surface area contributed by atoms with Crippen molar-refractivity contribution in [1.29, 1.82) is 0 Å². The second-order valence-electron chi connectivity index (χ2n) is 4.61. The Kier molecular flexibility index (Phi) is 5.16. The average molecular weight is 287 g/mol. The molecule has 19 heavy (non-hydrogen) atoms. The van der Waals surface area contributed by atoms with Gasteiger partial charge in [0, 0.05) is 19.3 Å². The molecule has 4 N–H and O–H groups in total. The summed E-state index contributed by atoms with van der Waals surface area (Å²) < 4.78 is 27.9. The number of likely N-dealkylation sites (N-methyl/N-ethyl adjacent to an activating group) is 1. The van der Waals surface area contributed by atoms with Crippen LogP contribution >= 0.6 is 0 Å². The SMILES string of the molecule is CC(C)OCCN(C)c1ccc(S(N)(=O)=O)c(N)c1. The molecule has 0 amide bonds. The van der Waals surface area contributed by atoms with Crippen molar-refractivity contribution in [3.63, 3.8) is 0 Å². The number of ether oxygens (including phenoxy) is 1. The van der Waals surface area contributed by atoms with E-state index in [0.717, 1.165) is 5.69 Å². The summed E-state index contributed by atoms with van der Waals surface area (Å²) in [6, 6.07) is 4.68. The standard InChI is InChI=1S/C12H21N3O3S/c1-9(2)18-7-6-15(3)10-4-5-12(11(13)8-10)19(14,16)17/h4-5,8-9H,6-7,13H2,1-3H3,(H2,14,16,17). The number of primary sulfonamides is 1. The topological polar surface area (TPSA) is 98.6 Å². The summed E-state index contributed by atoms with van der Waals surface area (Å²) in [5.74, 6) is 0. The molecule has 0 atom stereocenters. The molecule has 0 radical (unpaired) electrons. The minimum atomic E-state index is -3.77. The van der Waals surface area contributed by atoms with Crippen molar-refractivity contribution in [1.82, 2.24) is 0 Å². The Bertz CT molecular complexity index is 529. The van der Waals surface area contributed by atoms with Crippen LogP contribution in [-0.2, 0) is 14.8 Å². The largest absolute Gasteiger partial charge is 0.398 e. The first-order valence-electron chi connectivity index (χ1n) is 5.97. The minimum absolute atomic E-state index is 0.0527. The molecular formula is C12H21N3O3S. The molecule has 0 aromatic heterocycles. The van der Waals surface area contributed by atoms with Gasteiger partial charge >= 0.3 is 0 Å². The quantitative estimate of drug-likeness (QED) is 0.753. The molecule has 1 aromatic carbocycles.